The Hall–Kier alpha value is -2.22. The Balaban J connectivity index is 1.40. The molecule has 138 valence electrons. The van der Waals surface area contributed by atoms with Crippen LogP contribution >= 0.6 is 11.8 Å². The summed E-state index contributed by atoms with van der Waals surface area (Å²) in [7, 11) is 0. The van der Waals surface area contributed by atoms with E-state index < -0.39 is 11.7 Å². The minimum Gasteiger partial charge on any atom is -0.471 e. The van der Waals surface area contributed by atoms with E-state index in [4.69, 9.17) is 4.74 Å². The number of amides is 1. The molecule has 2 heterocycles. The second-order valence-electron chi connectivity index (χ2n) is 5.83. The molecule has 1 aliphatic heterocycles. The molecule has 1 aromatic heterocycles. The lowest BCUT2D eigenvalue weighted by atomic mass is 10.1. The maximum absolute atomic E-state index is 12.7. The van der Waals surface area contributed by atoms with E-state index in [1.807, 2.05) is 30.3 Å². The van der Waals surface area contributed by atoms with Crippen LogP contribution in [0.25, 0.3) is 0 Å². The Morgan fingerprint density at radius 1 is 1.23 bits per heavy atom. The molecule has 1 saturated heterocycles. The highest BCUT2D eigenvalue weighted by Gasteiger charge is 2.34. The van der Waals surface area contributed by atoms with Crippen LogP contribution in [-0.4, -0.2) is 40.7 Å². The average Bonchev–Trinajstić information content (AvgIpc) is 2.58. The van der Waals surface area contributed by atoms with E-state index >= 15 is 0 Å². The molecule has 26 heavy (non-hydrogen) atoms. The molecule has 0 aliphatic carbocycles. The number of aromatic nitrogens is 1. The summed E-state index contributed by atoms with van der Waals surface area (Å²) in [6.07, 6.45) is -3.27. The highest BCUT2D eigenvalue weighted by atomic mass is 32.2. The molecule has 8 heteroatoms. The molecule has 0 radical (unpaired) electrons. The summed E-state index contributed by atoms with van der Waals surface area (Å²) in [6.45, 7) is 0.736. The lowest BCUT2D eigenvalue weighted by Gasteiger charge is -2.38. The highest BCUT2D eigenvalue weighted by molar-refractivity contribution is 7.99. The van der Waals surface area contributed by atoms with Crippen LogP contribution in [0, 0.1) is 0 Å². The zero-order valence-corrected chi connectivity index (χ0v) is 14.6. The fourth-order valence-corrected chi connectivity index (χ4v) is 3.33. The molecule has 4 nitrogen and oxygen atoms in total. The van der Waals surface area contributed by atoms with E-state index in [0.717, 1.165) is 23.2 Å². The van der Waals surface area contributed by atoms with Crippen molar-refractivity contribution >= 4 is 17.7 Å². The van der Waals surface area contributed by atoms with Crippen LogP contribution in [-0.2, 0) is 11.0 Å². The molecule has 1 aromatic carbocycles. The van der Waals surface area contributed by atoms with E-state index in [1.54, 1.807) is 16.7 Å². The van der Waals surface area contributed by atoms with Gasteiger partial charge in [-0.15, -0.1) is 11.8 Å². The first kappa shape index (κ1) is 18.6. The quantitative estimate of drug-likeness (QED) is 0.712. The van der Waals surface area contributed by atoms with Gasteiger partial charge in [0.05, 0.1) is 18.7 Å². The van der Waals surface area contributed by atoms with Crippen LogP contribution in [0.2, 0.25) is 0 Å². The number of nitrogens with zero attached hydrogens (tertiary/aromatic N) is 2. The first-order valence-corrected chi connectivity index (χ1v) is 9.06. The maximum Gasteiger partial charge on any atom is 0.416 e. The van der Waals surface area contributed by atoms with Crippen LogP contribution in [0.4, 0.5) is 13.2 Å². The SMILES string of the molecule is O=C(CCSc1ccccc1)N1CC(Oc2cc(C(F)(F)F)ccn2)C1. The van der Waals surface area contributed by atoms with Crippen molar-refractivity contribution in [3.8, 4) is 5.88 Å². The molecular formula is C18H17F3N2O2S. The van der Waals surface area contributed by atoms with Gasteiger partial charge in [0.2, 0.25) is 11.8 Å². The number of likely N-dealkylation sites (tertiary alicyclic amines) is 1. The van der Waals surface area contributed by atoms with Gasteiger partial charge in [-0.25, -0.2) is 4.98 Å². The predicted molar refractivity (Wildman–Crippen MR) is 92.0 cm³/mol. The molecular weight excluding hydrogens is 365 g/mol. The van der Waals surface area contributed by atoms with Crippen molar-refractivity contribution in [3.63, 3.8) is 0 Å². The number of hydrogen-bond acceptors (Lipinski definition) is 4. The number of hydrogen-bond donors (Lipinski definition) is 0. The molecule has 1 amide bonds. The summed E-state index contributed by atoms with van der Waals surface area (Å²) in [4.78, 5) is 18.6. The second kappa shape index (κ2) is 7.99. The number of thioether (sulfide) groups is 1. The summed E-state index contributed by atoms with van der Waals surface area (Å²) >= 11 is 1.61. The third-order valence-electron chi connectivity index (χ3n) is 3.88. The lowest BCUT2D eigenvalue weighted by molar-refractivity contribution is -0.139. The maximum atomic E-state index is 12.7. The Morgan fingerprint density at radius 3 is 2.65 bits per heavy atom. The fourth-order valence-electron chi connectivity index (χ4n) is 2.47. The number of rotatable bonds is 6. The normalized spacial score (nSPS) is 14.8. The molecule has 0 saturated carbocycles. The Morgan fingerprint density at radius 2 is 1.96 bits per heavy atom. The van der Waals surface area contributed by atoms with E-state index in [2.05, 4.69) is 4.98 Å². The van der Waals surface area contributed by atoms with Gasteiger partial charge >= 0.3 is 6.18 Å². The molecule has 2 aromatic rings. The summed E-state index contributed by atoms with van der Waals surface area (Å²) in [5.74, 6) is 0.627. The van der Waals surface area contributed by atoms with Gasteiger partial charge < -0.3 is 9.64 Å². The van der Waals surface area contributed by atoms with Crippen molar-refractivity contribution in [1.29, 1.82) is 0 Å². The smallest absolute Gasteiger partial charge is 0.416 e. The summed E-state index contributed by atoms with van der Waals surface area (Å²) < 4.78 is 43.4. The van der Waals surface area contributed by atoms with Gasteiger partial charge in [0.1, 0.15) is 6.10 Å². The minimum absolute atomic E-state index is 0.0188. The Bertz CT molecular complexity index is 750. The van der Waals surface area contributed by atoms with Gasteiger partial charge in [-0.1, -0.05) is 18.2 Å². The van der Waals surface area contributed by atoms with Gasteiger partial charge in [0.15, 0.2) is 0 Å². The standard InChI is InChI=1S/C18H17F3N2O2S/c19-18(20,21)13-6-8-22-16(10-13)25-14-11-23(12-14)17(24)7-9-26-15-4-2-1-3-5-15/h1-6,8,10,14H,7,9,11-12H2. The van der Waals surface area contributed by atoms with Crippen LogP contribution in [0.5, 0.6) is 5.88 Å². The van der Waals surface area contributed by atoms with Crippen molar-refractivity contribution in [3.05, 3.63) is 54.2 Å². The molecule has 0 atom stereocenters. The van der Waals surface area contributed by atoms with Crippen molar-refractivity contribution in [1.82, 2.24) is 9.88 Å². The zero-order chi connectivity index (χ0) is 18.6. The van der Waals surface area contributed by atoms with Gasteiger partial charge in [0.25, 0.3) is 0 Å². The van der Waals surface area contributed by atoms with Gasteiger partial charge in [-0.3, -0.25) is 4.79 Å². The van der Waals surface area contributed by atoms with Crippen LogP contribution < -0.4 is 4.74 Å². The summed E-state index contributed by atoms with van der Waals surface area (Å²) in [6, 6.07) is 11.6. The van der Waals surface area contributed by atoms with E-state index in [-0.39, 0.29) is 17.9 Å². The number of carbonyl (C=O) groups excluding carboxylic acids is 1. The number of alkyl halides is 3. The van der Waals surface area contributed by atoms with E-state index in [1.165, 1.54) is 0 Å². The zero-order valence-electron chi connectivity index (χ0n) is 13.8. The second-order valence-corrected chi connectivity index (χ2v) is 7.00. The summed E-state index contributed by atoms with van der Waals surface area (Å²) in [5.41, 5.74) is -0.798. The van der Waals surface area contributed by atoms with Crippen LogP contribution in [0.1, 0.15) is 12.0 Å². The minimum atomic E-state index is -4.43. The molecule has 1 fully saturated rings. The number of ether oxygens (including phenoxy) is 1. The summed E-state index contributed by atoms with van der Waals surface area (Å²) in [5, 5.41) is 0. The predicted octanol–water partition coefficient (Wildman–Crippen LogP) is 3.87. The van der Waals surface area contributed by atoms with E-state index in [0.29, 0.717) is 25.3 Å². The monoisotopic (exact) mass is 382 g/mol. The average molecular weight is 382 g/mol. The third kappa shape index (κ3) is 4.91. The largest absolute Gasteiger partial charge is 0.471 e. The Kier molecular flexibility index (Phi) is 5.70. The number of benzene rings is 1. The number of carbonyl (C=O) groups is 1. The first-order chi connectivity index (χ1) is 12.4. The number of halogens is 3. The molecule has 1 aliphatic rings. The first-order valence-electron chi connectivity index (χ1n) is 8.07. The lowest BCUT2D eigenvalue weighted by Crippen LogP contribution is -2.56. The molecule has 0 unspecified atom stereocenters. The van der Waals surface area contributed by atoms with Gasteiger partial charge in [-0.2, -0.15) is 13.2 Å². The van der Waals surface area contributed by atoms with Crippen molar-refractivity contribution in [2.75, 3.05) is 18.8 Å². The van der Waals surface area contributed by atoms with E-state index in [9.17, 15) is 18.0 Å². The fraction of sp³-hybridized carbons (Fsp3) is 0.333. The van der Waals surface area contributed by atoms with Crippen LogP contribution in [0.15, 0.2) is 53.6 Å². The third-order valence-corrected chi connectivity index (χ3v) is 4.89. The molecule has 0 bridgehead atoms. The van der Waals surface area contributed by atoms with Crippen LogP contribution in [0.3, 0.4) is 0 Å². The Labute approximate surface area is 153 Å². The van der Waals surface area contributed by atoms with Gasteiger partial charge in [-0.05, 0) is 18.2 Å². The van der Waals surface area contributed by atoms with Gasteiger partial charge in [0, 0.05) is 29.3 Å². The molecule has 0 N–H and O–H groups in total. The van der Waals surface area contributed by atoms with Crippen molar-refractivity contribution < 1.29 is 22.7 Å². The molecule has 3 rings (SSSR count). The number of pyridine rings is 1. The topological polar surface area (TPSA) is 42.4 Å². The van der Waals surface area contributed by atoms with Crippen molar-refractivity contribution in [2.45, 2.75) is 23.6 Å². The highest BCUT2D eigenvalue weighted by Crippen LogP contribution is 2.31. The molecule has 0 spiro atoms. The van der Waals surface area contributed by atoms with Crippen molar-refractivity contribution in [2.24, 2.45) is 0 Å².